The average molecular weight is 889 g/mol. The minimum Gasteiger partial charge on any atom is -0.462 e. The molecule has 0 saturated heterocycles. The van der Waals surface area contributed by atoms with Gasteiger partial charge in [-0.2, -0.15) is 0 Å². The second-order valence-electron chi connectivity index (χ2n) is 17.0. The number of esters is 3. The Labute approximate surface area is 394 Å². The highest BCUT2D eigenvalue weighted by Gasteiger charge is 2.19. The lowest BCUT2D eigenvalue weighted by Crippen LogP contribution is -2.30. The van der Waals surface area contributed by atoms with Crippen LogP contribution in [-0.4, -0.2) is 37.2 Å². The Bertz CT molecular complexity index is 1300. The van der Waals surface area contributed by atoms with E-state index in [4.69, 9.17) is 14.2 Å². The van der Waals surface area contributed by atoms with Crippen molar-refractivity contribution in [3.05, 3.63) is 97.2 Å². The summed E-state index contributed by atoms with van der Waals surface area (Å²) >= 11 is 0. The molecule has 0 bridgehead atoms. The molecule has 0 aromatic carbocycles. The Morgan fingerprint density at radius 2 is 0.641 bits per heavy atom. The van der Waals surface area contributed by atoms with Crippen molar-refractivity contribution in [3.63, 3.8) is 0 Å². The van der Waals surface area contributed by atoms with Gasteiger partial charge in [0.25, 0.3) is 0 Å². The van der Waals surface area contributed by atoms with Crippen LogP contribution in [-0.2, 0) is 28.6 Å². The van der Waals surface area contributed by atoms with E-state index < -0.39 is 6.10 Å². The smallest absolute Gasteiger partial charge is 0.306 e. The van der Waals surface area contributed by atoms with Crippen molar-refractivity contribution in [1.29, 1.82) is 0 Å². The molecular weight excluding hydrogens is 793 g/mol. The Morgan fingerprint density at radius 1 is 0.328 bits per heavy atom. The number of hydrogen-bond donors (Lipinski definition) is 0. The molecule has 0 saturated carbocycles. The summed E-state index contributed by atoms with van der Waals surface area (Å²) in [4.78, 5) is 37.9. The highest BCUT2D eigenvalue weighted by Crippen LogP contribution is 2.12. The highest BCUT2D eigenvalue weighted by atomic mass is 16.6. The molecule has 1 unspecified atom stereocenters. The normalized spacial score (nSPS) is 12.9. The lowest BCUT2D eigenvalue weighted by atomic mass is 10.1. The maximum atomic E-state index is 12.8. The van der Waals surface area contributed by atoms with E-state index in [0.29, 0.717) is 12.8 Å². The SMILES string of the molecule is CC/C=C\C/C=C\C/C=C\C/C=C\C/C=C\C/C=C\CCC(=O)OCC(COC(=O)CCCCC/C=C\CCCCCCCC)OC(=O)CCCCC/C=C\CCCCCCCCC. The van der Waals surface area contributed by atoms with E-state index in [1.807, 2.05) is 12.2 Å². The van der Waals surface area contributed by atoms with E-state index in [1.54, 1.807) is 0 Å². The first-order valence-corrected chi connectivity index (χ1v) is 26.2. The molecule has 6 nitrogen and oxygen atoms in total. The lowest BCUT2D eigenvalue weighted by molar-refractivity contribution is -0.166. The minimum atomic E-state index is -0.822. The summed E-state index contributed by atoms with van der Waals surface area (Å²) < 4.78 is 16.7. The average Bonchev–Trinajstić information content (AvgIpc) is 3.29. The van der Waals surface area contributed by atoms with Crippen LogP contribution >= 0.6 is 0 Å². The van der Waals surface area contributed by atoms with Gasteiger partial charge in [-0.15, -0.1) is 0 Å². The first-order chi connectivity index (χ1) is 31.5. The van der Waals surface area contributed by atoms with Crippen LogP contribution in [0.2, 0.25) is 0 Å². The fourth-order valence-corrected chi connectivity index (χ4v) is 6.87. The van der Waals surface area contributed by atoms with Crippen molar-refractivity contribution >= 4 is 17.9 Å². The largest absolute Gasteiger partial charge is 0.462 e. The standard InChI is InChI=1S/C58H96O6/c1-4-7-10-13-16-19-22-25-27-28-29-30-31-34-36-39-42-45-48-51-57(60)63-54-55(53-62-56(59)50-47-44-41-38-35-32-24-21-18-15-12-9-6-3)64-58(61)52-49-46-43-40-37-33-26-23-20-17-14-11-8-5-2/h7,10,16,19,25,27,29-30,32-37,42,45,55H,4-6,8-9,11-15,17-18,20-24,26,28,31,38-41,43-44,46-54H2,1-3H3/b10-7-,19-16-,27-25-,30-29-,35-32-,36-34-,37-33-,45-42-. The number of allylic oxidation sites excluding steroid dienone is 16. The molecule has 0 N–H and O–H groups in total. The first kappa shape index (κ1) is 60.3. The third-order valence-electron chi connectivity index (χ3n) is 10.8. The van der Waals surface area contributed by atoms with Gasteiger partial charge in [0.15, 0.2) is 6.10 Å². The van der Waals surface area contributed by atoms with Gasteiger partial charge in [0.05, 0.1) is 0 Å². The van der Waals surface area contributed by atoms with Crippen molar-refractivity contribution in [2.45, 2.75) is 239 Å². The summed E-state index contributed by atoms with van der Waals surface area (Å²) in [6, 6.07) is 0. The first-order valence-electron chi connectivity index (χ1n) is 26.2. The fraction of sp³-hybridized carbons (Fsp3) is 0.672. The molecular formula is C58H96O6. The summed E-state index contributed by atoms with van der Waals surface area (Å²) in [5.74, 6) is -1.04. The number of ether oxygens (including phenoxy) is 3. The van der Waals surface area contributed by atoms with Crippen LogP contribution in [0.4, 0.5) is 0 Å². The second-order valence-corrected chi connectivity index (χ2v) is 17.0. The number of rotatable bonds is 46. The molecule has 364 valence electrons. The van der Waals surface area contributed by atoms with E-state index >= 15 is 0 Å². The molecule has 1 atom stereocenters. The monoisotopic (exact) mass is 889 g/mol. The molecule has 0 amide bonds. The Morgan fingerprint density at radius 3 is 1.05 bits per heavy atom. The highest BCUT2D eigenvalue weighted by molar-refractivity contribution is 5.71. The summed E-state index contributed by atoms with van der Waals surface area (Å²) in [5.41, 5.74) is 0. The molecule has 0 heterocycles. The number of unbranched alkanes of at least 4 members (excludes halogenated alkanes) is 19. The van der Waals surface area contributed by atoms with E-state index in [2.05, 4.69) is 106 Å². The van der Waals surface area contributed by atoms with Gasteiger partial charge in [-0.05, 0) is 109 Å². The van der Waals surface area contributed by atoms with Gasteiger partial charge in [0.2, 0.25) is 0 Å². The maximum absolute atomic E-state index is 12.8. The van der Waals surface area contributed by atoms with Crippen LogP contribution in [0.15, 0.2) is 97.2 Å². The summed E-state index contributed by atoms with van der Waals surface area (Å²) in [6.45, 7) is 6.41. The quantitative estimate of drug-likeness (QED) is 0.0262. The summed E-state index contributed by atoms with van der Waals surface area (Å²) in [7, 11) is 0. The van der Waals surface area contributed by atoms with Gasteiger partial charge in [-0.3, -0.25) is 14.4 Å². The molecule has 0 aliphatic heterocycles. The Kier molecular flexibility index (Phi) is 49.0. The number of hydrogen-bond acceptors (Lipinski definition) is 6. The van der Waals surface area contributed by atoms with Crippen molar-refractivity contribution in [2.75, 3.05) is 13.2 Å². The van der Waals surface area contributed by atoms with Crippen molar-refractivity contribution in [2.24, 2.45) is 0 Å². The molecule has 0 aromatic rings. The molecule has 0 aromatic heterocycles. The van der Waals surface area contributed by atoms with Crippen molar-refractivity contribution in [1.82, 2.24) is 0 Å². The van der Waals surface area contributed by atoms with Crippen LogP contribution in [0.25, 0.3) is 0 Å². The molecule has 0 fully saturated rings. The zero-order valence-electron chi connectivity index (χ0n) is 41.5. The van der Waals surface area contributed by atoms with Gasteiger partial charge < -0.3 is 14.2 Å². The van der Waals surface area contributed by atoms with Crippen molar-refractivity contribution < 1.29 is 28.6 Å². The van der Waals surface area contributed by atoms with Gasteiger partial charge in [0.1, 0.15) is 13.2 Å². The maximum Gasteiger partial charge on any atom is 0.306 e. The Hall–Kier alpha value is -3.67. The van der Waals surface area contributed by atoms with Crippen LogP contribution in [0.1, 0.15) is 233 Å². The van der Waals surface area contributed by atoms with Crippen LogP contribution < -0.4 is 0 Å². The van der Waals surface area contributed by atoms with Gasteiger partial charge in [-0.1, -0.05) is 201 Å². The van der Waals surface area contributed by atoms with Crippen molar-refractivity contribution in [3.8, 4) is 0 Å². The Balaban J connectivity index is 4.54. The van der Waals surface area contributed by atoms with Gasteiger partial charge >= 0.3 is 17.9 Å². The third-order valence-corrected chi connectivity index (χ3v) is 10.8. The van der Waals surface area contributed by atoms with E-state index in [0.717, 1.165) is 103 Å². The predicted molar refractivity (Wildman–Crippen MR) is 274 cm³/mol. The molecule has 6 heteroatoms. The van der Waals surface area contributed by atoms with E-state index in [1.165, 1.54) is 83.5 Å². The summed E-state index contributed by atoms with van der Waals surface area (Å²) in [5, 5.41) is 0. The molecule has 0 rings (SSSR count). The third kappa shape index (κ3) is 49.3. The topological polar surface area (TPSA) is 78.9 Å². The predicted octanol–water partition coefficient (Wildman–Crippen LogP) is 17.4. The van der Waals surface area contributed by atoms with E-state index in [-0.39, 0.29) is 44.0 Å². The molecule has 0 aliphatic rings. The molecule has 0 aliphatic carbocycles. The van der Waals surface area contributed by atoms with Gasteiger partial charge in [-0.25, -0.2) is 0 Å². The fourth-order valence-electron chi connectivity index (χ4n) is 6.87. The zero-order chi connectivity index (χ0) is 46.5. The lowest BCUT2D eigenvalue weighted by Gasteiger charge is -2.18. The zero-order valence-corrected chi connectivity index (χ0v) is 41.5. The van der Waals surface area contributed by atoms with Crippen LogP contribution in [0, 0.1) is 0 Å². The second kappa shape index (κ2) is 52.0. The molecule has 64 heavy (non-hydrogen) atoms. The van der Waals surface area contributed by atoms with Gasteiger partial charge in [0, 0.05) is 19.3 Å². The number of carbonyl (C=O) groups is 3. The molecule has 0 spiro atoms. The summed E-state index contributed by atoms with van der Waals surface area (Å²) in [6.07, 6.45) is 68.3. The van der Waals surface area contributed by atoms with E-state index in [9.17, 15) is 14.4 Å². The molecule has 0 radical (unpaired) electrons. The minimum absolute atomic E-state index is 0.115. The number of carbonyl (C=O) groups excluding carboxylic acids is 3. The van der Waals surface area contributed by atoms with Crippen LogP contribution in [0.5, 0.6) is 0 Å². The van der Waals surface area contributed by atoms with Crippen LogP contribution in [0.3, 0.4) is 0 Å².